The first-order valence-electron chi connectivity index (χ1n) is 5.19. The summed E-state index contributed by atoms with van der Waals surface area (Å²) in [6.45, 7) is 4.33. The van der Waals surface area contributed by atoms with Gasteiger partial charge in [0, 0.05) is 6.04 Å². The smallest absolute Gasteiger partial charge is 0.133 e. The van der Waals surface area contributed by atoms with E-state index in [4.69, 9.17) is 10.5 Å². The van der Waals surface area contributed by atoms with Crippen LogP contribution in [0.5, 0.6) is 5.75 Å². The van der Waals surface area contributed by atoms with Crippen molar-refractivity contribution in [3.05, 3.63) is 28.2 Å². The highest BCUT2D eigenvalue weighted by atomic mass is 79.9. The summed E-state index contributed by atoms with van der Waals surface area (Å²) in [6.07, 6.45) is 1.09. The van der Waals surface area contributed by atoms with Crippen LogP contribution >= 0.6 is 28.3 Å². The van der Waals surface area contributed by atoms with Crippen LogP contribution in [0.3, 0.4) is 0 Å². The molecule has 0 aliphatic carbocycles. The van der Waals surface area contributed by atoms with Gasteiger partial charge in [0.15, 0.2) is 0 Å². The fraction of sp³-hybridized carbons (Fsp3) is 0.500. The number of benzene rings is 1. The Labute approximate surface area is 112 Å². The van der Waals surface area contributed by atoms with Gasteiger partial charge in [-0.3, -0.25) is 0 Å². The minimum atomic E-state index is 0. The van der Waals surface area contributed by atoms with Gasteiger partial charge in [0.2, 0.25) is 0 Å². The molecule has 1 unspecified atom stereocenters. The summed E-state index contributed by atoms with van der Waals surface area (Å²) in [4.78, 5) is 0. The van der Waals surface area contributed by atoms with E-state index in [-0.39, 0.29) is 18.4 Å². The van der Waals surface area contributed by atoms with Crippen molar-refractivity contribution in [2.75, 3.05) is 7.11 Å². The van der Waals surface area contributed by atoms with E-state index in [0.717, 1.165) is 22.2 Å². The molecule has 1 aromatic carbocycles. The van der Waals surface area contributed by atoms with Crippen LogP contribution in [0.2, 0.25) is 0 Å². The predicted molar refractivity (Wildman–Crippen MR) is 74.3 cm³/mol. The zero-order valence-electron chi connectivity index (χ0n) is 9.87. The minimum absolute atomic E-state index is 0. The van der Waals surface area contributed by atoms with Gasteiger partial charge in [0.1, 0.15) is 5.75 Å². The van der Waals surface area contributed by atoms with Crippen molar-refractivity contribution in [3.63, 3.8) is 0 Å². The Morgan fingerprint density at radius 1 is 1.44 bits per heavy atom. The second-order valence-corrected chi connectivity index (χ2v) is 4.66. The Morgan fingerprint density at radius 3 is 2.50 bits per heavy atom. The molecule has 4 heteroatoms. The van der Waals surface area contributed by atoms with Crippen LogP contribution in [-0.2, 0) is 0 Å². The number of nitrogens with two attached hydrogens (primary N) is 1. The van der Waals surface area contributed by atoms with Crippen LogP contribution < -0.4 is 10.5 Å². The van der Waals surface area contributed by atoms with Crippen molar-refractivity contribution in [1.82, 2.24) is 0 Å². The summed E-state index contributed by atoms with van der Waals surface area (Å²) in [6, 6.07) is 6.11. The lowest BCUT2D eigenvalue weighted by Crippen LogP contribution is -2.18. The molecule has 2 nitrogen and oxygen atoms in total. The molecule has 0 heterocycles. The number of methoxy groups -OCH3 is 1. The van der Waals surface area contributed by atoms with E-state index in [1.807, 2.05) is 18.2 Å². The molecule has 0 amide bonds. The van der Waals surface area contributed by atoms with Crippen molar-refractivity contribution >= 4 is 28.3 Å². The van der Waals surface area contributed by atoms with Crippen molar-refractivity contribution in [3.8, 4) is 5.75 Å². The average Bonchev–Trinajstić information content (AvgIpc) is 2.26. The Hall–Kier alpha value is -0.250. The van der Waals surface area contributed by atoms with E-state index in [0.29, 0.717) is 5.92 Å². The van der Waals surface area contributed by atoms with Gasteiger partial charge in [0.25, 0.3) is 0 Å². The highest BCUT2D eigenvalue weighted by Gasteiger charge is 2.14. The third-order valence-electron chi connectivity index (χ3n) is 2.82. The lowest BCUT2D eigenvalue weighted by Gasteiger charge is -2.19. The number of halogens is 2. The first kappa shape index (κ1) is 15.8. The highest BCUT2D eigenvalue weighted by molar-refractivity contribution is 9.10. The Morgan fingerprint density at radius 2 is 2.06 bits per heavy atom. The molecular weight excluding hydrogens is 289 g/mol. The lowest BCUT2D eigenvalue weighted by molar-refractivity contribution is 0.410. The molecule has 0 spiro atoms. The van der Waals surface area contributed by atoms with Crippen molar-refractivity contribution < 1.29 is 4.74 Å². The van der Waals surface area contributed by atoms with E-state index in [9.17, 15) is 0 Å². The van der Waals surface area contributed by atoms with E-state index in [2.05, 4.69) is 29.8 Å². The van der Waals surface area contributed by atoms with Crippen LogP contribution in [0.4, 0.5) is 0 Å². The van der Waals surface area contributed by atoms with Crippen molar-refractivity contribution in [2.24, 2.45) is 11.7 Å². The minimum Gasteiger partial charge on any atom is -0.496 e. The number of rotatable bonds is 4. The van der Waals surface area contributed by atoms with Gasteiger partial charge in [-0.1, -0.05) is 26.3 Å². The normalized spacial score (nSPS) is 13.8. The molecule has 16 heavy (non-hydrogen) atoms. The third-order valence-corrected chi connectivity index (χ3v) is 3.44. The van der Waals surface area contributed by atoms with Crippen LogP contribution in [0.15, 0.2) is 22.7 Å². The Kier molecular flexibility index (Phi) is 7.04. The maximum atomic E-state index is 6.15. The van der Waals surface area contributed by atoms with Crippen molar-refractivity contribution in [2.45, 2.75) is 26.3 Å². The molecule has 2 atom stereocenters. The zero-order valence-corrected chi connectivity index (χ0v) is 12.3. The maximum Gasteiger partial charge on any atom is 0.133 e. The van der Waals surface area contributed by atoms with Gasteiger partial charge in [-0.15, -0.1) is 12.4 Å². The summed E-state index contributed by atoms with van der Waals surface area (Å²) >= 11 is 3.47. The van der Waals surface area contributed by atoms with E-state index in [1.54, 1.807) is 7.11 Å². The van der Waals surface area contributed by atoms with Crippen molar-refractivity contribution in [1.29, 1.82) is 0 Å². The topological polar surface area (TPSA) is 35.2 Å². The average molecular weight is 309 g/mol. The zero-order chi connectivity index (χ0) is 11.4. The molecule has 0 aliphatic heterocycles. The van der Waals surface area contributed by atoms with Gasteiger partial charge in [-0.2, -0.15) is 0 Å². The van der Waals surface area contributed by atoms with Gasteiger partial charge in [-0.05, 0) is 39.5 Å². The van der Waals surface area contributed by atoms with Gasteiger partial charge in [0.05, 0.1) is 11.6 Å². The molecule has 0 aromatic heterocycles. The Balaban J connectivity index is 0.00000225. The number of ether oxygens (including phenoxy) is 1. The quantitative estimate of drug-likeness (QED) is 0.915. The number of hydrogen-bond donors (Lipinski definition) is 1. The summed E-state index contributed by atoms with van der Waals surface area (Å²) in [7, 11) is 1.66. The molecule has 1 rings (SSSR count). The first-order valence-corrected chi connectivity index (χ1v) is 5.98. The highest BCUT2D eigenvalue weighted by Crippen LogP contribution is 2.30. The summed E-state index contributed by atoms with van der Waals surface area (Å²) in [5, 5.41) is 0. The van der Waals surface area contributed by atoms with Crippen LogP contribution in [0, 0.1) is 5.92 Å². The van der Waals surface area contributed by atoms with E-state index in [1.165, 1.54) is 0 Å². The summed E-state index contributed by atoms with van der Waals surface area (Å²) in [5.41, 5.74) is 7.30. The summed E-state index contributed by atoms with van der Waals surface area (Å²) in [5.74, 6) is 1.33. The lowest BCUT2D eigenvalue weighted by atomic mass is 9.93. The predicted octanol–water partition coefficient (Wildman–Crippen LogP) is 3.93. The van der Waals surface area contributed by atoms with Crippen LogP contribution in [0.1, 0.15) is 31.9 Å². The van der Waals surface area contributed by atoms with E-state index >= 15 is 0 Å². The Bertz CT molecular complexity index is 333. The van der Waals surface area contributed by atoms with Gasteiger partial charge >= 0.3 is 0 Å². The summed E-state index contributed by atoms with van der Waals surface area (Å²) < 4.78 is 6.14. The molecule has 0 saturated heterocycles. The molecule has 0 aliphatic rings. The van der Waals surface area contributed by atoms with E-state index < -0.39 is 0 Å². The molecule has 1 aromatic rings. The van der Waals surface area contributed by atoms with Crippen LogP contribution in [0.25, 0.3) is 0 Å². The van der Waals surface area contributed by atoms with Gasteiger partial charge < -0.3 is 10.5 Å². The fourth-order valence-corrected chi connectivity index (χ4v) is 2.03. The second kappa shape index (κ2) is 7.15. The SMILES string of the molecule is CCC(C)[C@H](N)c1ccc(OC)c(Br)c1.Cl. The fourth-order valence-electron chi connectivity index (χ4n) is 1.47. The molecule has 2 N–H and O–H groups in total. The monoisotopic (exact) mass is 307 g/mol. The third kappa shape index (κ3) is 3.65. The van der Waals surface area contributed by atoms with Gasteiger partial charge in [-0.25, -0.2) is 0 Å². The molecule has 0 radical (unpaired) electrons. The molecule has 0 bridgehead atoms. The van der Waals surface area contributed by atoms with Crippen LogP contribution in [-0.4, -0.2) is 7.11 Å². The number of hydrogen-bond acceptors (Lipinski definition) is 2. The second-order valence-electron chi connectivity index (χ2n) is 3.81. The largest absolute Gasteiger partial charge is 0.496 e. The molecule has 92 valence electrons. The molecule has 0 fully saturated rings. The maximum absolute atomic E-state index is 6.15. The molecule has 0 saturated carbocycles. The first-order chi connectivity index (χ1) is 7.10. The molecular formula is C12H19BrClNO. The standard InChI is InChI=1S/C12H18BrNO.ClH/c1-4-8(2)12(14)9-5-6-11(15-3)10(13)7-9;/h5-8,12H,4,14H2,1-3H3;1H/t8?,12-;/m0./s1.